The fourth-order valence-electron chi connectivity index (χ4n) is 2.41. The van der Waals surface area contributed by atoms with Crippen molar-refractivity contribution in [1.82, 2.24) is 9.66 Å². The highest BCUT2D eigenvalue weighted by Gasteiger charge is 2.14. The van der Waals surface area contributed by atoms with Crippen LogP contribution in [0.2, 0.25) is 0 Å². The Morgan fingerprint density at radius 1 is 1.09 bits per heavy atom. The molecule has 1 aliphatic rings. The first-order chi connectivity index (χ1) is 11.3. The van der Waals surface area contributed by atoms with Crippen molar-refractivity contribution in [1.29, 1.82) is 0 Å². The molecule has 116 valence electrons. The molecule has 3 aromatic rings. The van der Waals surface area contributed by atoms with E-state index in [2.05, 4.69) is 4.98 Å². The molecule has 0 spiro atoms. The first kappa shape index (κ1) is 14.0. The number of benzene rings is 2. The third-order valence-corrected chi connectivity index (χ3v) is 4.61. The summed E-state index contributed by atoms with van der Waals surface area (Å²) in [5, 5.41) is 0.779. The number of nitrogens with zero attached hydrogens (tertiary/aromatic N) is 2. The average molecular weight is 325 g/mol. The number of nitrogen functional groups attached to an aromatic ring is 1. The number of thioether (sulfide) groups is 1. The van der Waals surface area contributed by atoms with E-state index in [0.29, 0.717) is 6.79 Å². The third kappa shape index (κ3) is 2.85. The summed E-state index contributed by atoms with van der Waals surface area (Å²) in [5.74, 6) is 8.38. The highest BCUT2D eigenvalue weighted by molar-refractivity contribution is 7.98. The standard InChI is InChI=1S/C17H15N3O2S/c18-20-9-14(13-4-2-1-3-5-13)19-17(20)23-10-12-6-7-15-16(8-12)22-11-21-15/h1-9H,10-11,18H2. The van der Waals surface area contributed by atoms with Crippen molar-refractivity contribution in [2.45, 2.75) is 10.9 Å². The van der Waals surface area contributed by atoms with E-state index in [4.69, 9.17) is 15.3 Å². The van der Waals surface area contributed by atoms with Gasteiger partial charge in [-0.3, -0.25) is 0 Å². The molecule has 0 unspecified atom stereocenters. The lowest BCUT2D eigenvalue weighted by atomic mass is 10.2. The maximum absolute atomic E-state index is 6.02. The zero-order valence-electron chi connectivity index (χ0n) is 12.3. The lowest BCUT2D eigenvalue weighted by Crippen LogP contribution is -2.07. The predicted octanol–water partition coefficient (Wildman–Crippen LogP) is 3.28. The molecule has 2 heterocycles. The van der Waals surface area contributed by atoms with Gasteiger partial charge in [-0.25, -0.2) is 9.66 Å². The highest BCUT2D eigenvalue weighted by atomic mass is 32.2. The number of nitrogens with two attached hydrogens (primary N) is 1. The Hall–Kier alpha value is -2.60. The topological polar surface area (TPSA) is 62.3 Å². The average Bonchev–Trinajstić information content (AvgIpc) is 3.19. The van der Waals surface area contributed by atoms with Crippen LogP contribution in [0, 0.1) is 0 Å². The monoisotopic (exact) mass is 325 g/mol. The van der Waals surface area contributed by atoms with Gasteiger partial charge >= 0.3 is 0 Å². The summed E-state index contributed by atoms with van der Waals surface area (Å²) in [7, 11) is 0. The first-order valence-electron chi connectivity index (χ1n) is 7.21. The summed E-state index contributed by atoms with van der Waals surface area (Å²) in [5.41, 5.74) is 3.08. The van der Waals surface area contributed by atoms with Gasteiger partial charge in [-0.1, -0.05) is 48.2 Å². The molecule has 0 radical (unpaired) electrons. The molecule has 5 nitrogen and oxygen atoms in total. The Kier molecular flexibility index (Phi) is 3.59. The van der Waals surface area contributed by atoms with Crippen LogP contribution in [-0.2, 0) is 5.75 Å². The van der Waals surface area contributed by atoms with Crippen molar-refractivity contribution in [3.8, 4) is 22.8 Å². The van der Waals surface area contributed by atoms with E-state index in [9.17, 15) is 0 Å². The minimum Gasteiger partial charge on any atom is -0.454 e. The van der Waals surface area contributed by atoms with E-state index in [1.807, 2.05) is 54.7 Å². The van der Waals surface area contributed by atoms with Crippen molar-refractivity contribution in [3.05, 3.63) is 60.3 Å². The molecule has 0 saturated carbocycles. The minimum absolute atomic E-state index is 0.291. The molecule has 2 aromatic carbocycles. The molecule has 6 heteroatoms. The summed E-state index contributed by atoms with van der Waals surface area (Å²) in [6, 6.07) is 16.0. The van der Waals surface area contributed by atoms with Crippen molar-refractivity contribution in [3.63, 3.8) is 0 Å². The molecule has 0 amide bonds. The van der Waals surface area contributed by atoms with Gasteiger partial charge < -0.3 is 15.3 Å². The second-order valence-electron chi connectivity index (χ2n) is 5.16. The molecule has 4 rings (SSSR count). The molecular formula is C17H15N3O2S. The van der Waals surface area contributed by atoms with Crippen molar-refractivity contribution in [2.75, 3.05) is 12.6 Å². The summed E-state index contributed by atoms with van der Waals surface area (Å²) in [6.45, 7) is 0.291. The largest absolute Gasteiger partial charge is 0.454 e. The van der Waals surface area contributed by atoms with E-state index in [1.54, 1.807) is 16.4 Å². The fourth-order valence-corrected chi connectivity index (χ4v) is 3.25. The predicted molar refractivity (Wildman–Crippen MR) is 89.9 cm³/mol. The molecule has 1 aromatic heterocycles. The number of hydrogen-bond donors (Lipinski definition) is 1. The maximum Gasteiger partial charge on any atom is 0.231 e. The molecular weight excluding hydrogens is 310 g/mol. The number of ether oxygens (including phenoxy) is 2. The number of aromatic nitrogens is 2. The van der Waals surface area contributed by atoms with Gasteiger partial charge in [0.25, 0.3) is 0 Å². The van der Waals surface area contributed by atoms with E-state index in [1.165, 1.54) is 0 Å². The van der Waals surface area contributed by atoms with Crippen LogP contribution in [-0.4, -0.2) is 16.5 Å². The molecule has 0 fully saturated rings. The smallest absolute Gasteiger partial charge is 0.231 e. The zero-order valence-corrected chi connectivity index (χ0v) is 13.1. The van der Waals surface area contributed by atoms with Crippen LogP contribution in [0.3, 0.4) is 0 Å². The SMILES string of the molecule is Nn1cc(-c2ccccc2)nc1SCc1ccc2c(c1)OCO2. The Bertz CT molecular complexity index is 833. The van der Waals surface area contributed by atoms with Gasteiger partial charge in [0, 0.05) is 11.3 Å². The van der Waals surface area contributed by atoms with Crippen LogP contribution in [0.15, 0.2) is 59.9 Å². The number of hydrogen-bond acceptors (Lipinski definition) is 5. The summed E-state index contributed by atoms with van der Waals surface area (Å²) in [6.07, 6.45) is 1.84. The molecule has 0 atom stereocenters. The van der Waals surface area contributed by atoms with Gasteiger partial charge in [0.15, 0.2) is 16.7 Å². The van der Waals surface area contributed by atoms with Crippen molar-refractivity contribution in [2.24, 2.45) is 0 Å². The van der Waals surface area contributed by atoms with Crippen LogP contribution in [0.5, 0.6) is 11.5 Å². The number of rotatable bonds is 4. The molecule has 23 heavy (non-hydrogen) atoms. The molecule has 0 saturated heterocycles. The Balaban J connectivity index is 1.50. The number of fused-ring (bicyclic) bond motifs is 1. The molecule has 0 bridgehead atoms. The van der Waals surface area contributed by atoms with Gasteiger partial charge in [0.2, 0.25) is 6.79 Å². The lowest BCUT2D eigenvalue weighted by molar-refractivity contribution is 0.174. The summed E-state index contributed by atoms with van der Waals surface area (Å²) >= 11 is 1.59. The van der Waals surface area contributed by atoms with Crippen LogP contribution in [0.4, 0.5) is 0 Å². The maximum atomic E-state index is 6.02. The Morgan fingerprint density at radius 3 is 2.78 bits per heavy atom. The summed E-state index contributed by atoms with van der Waals surface area (Å²) in [4.78, 5) is 4.61. The van der Waals surface area contributed by atoms with E-state index >= 15 is 0 Å². The second kappa shape index (κ2) is 5.89. The van der Waals surface area contributed by atoms with Gasteiger partial charge in [-0.2, -0.15) is 0 Å². The first-order valence-corrected chi connectivity index (χ1v) is 8.19. The third-order valence-electron chi connectivity index (χ3n) is 3.57. The minimum atomic E-state index is 0.291. The van der Waals surface area contributed by atoms with E-state index in [-0.39, 0.29) is 0 Å². The molecule has 1 aliphatic heterocycles. The molecule has 0 aliphatic carbocycles. The van der Waals surface area contributed by atoms with Crippen molar-refractivity contribution < 1.29 is 9.47 Å². The van der Waals surface area contributed by atoms with E-state index < -0.39 is 0 Å². The Labute approximate surface area is 138 Å². The van der Waals surface area contributed by atoms with Gasteiger partial charge in [0.05, 0.1) is 11.9 Å². The highest BCUT2D eigenvalue weighted by Crippen LogP contribution is 2.34. The lowest BCUT2D eigenvalue weighted by Gasteiger charge is -2.03. The quantitative estimate of drug-likeness (QED) is 0.589. The van der Waals surface area contributed by atoms with Crippen LogP contribution < -0.4 is 15.3 Å². The van der Waals surface area contributed by atoms with Gasteiger partial charge in [0.1, 0.15) is 0 Å². The van der Waals surface area contributed by atoms with Gasteiger partial charge in [-0.15, -0.1) is 0 Å². The Morgan fingerprint density at radius 2 is 1.91 bits per heavy atom. The number of imidazole rings is 1. The van der Waals surface area contributed by atoms with Crippen LogP contribution in [0.25, 0.3) is 11.3 Å². The van der Waals surface area contributed by atoms with E-state index in [0.717, 1.165) is 39.2 Å². The van der Waals surface area contributed by atoms with Gasteiger partial charge in [-0.05, 0) is 17.7 Å². The summed E-state index contributed by atoms with van der Waals surface area (Å²) < 4.78 is 12.3. The van der Waals surface area contributed by atoms with Crippen LogP contribution in [0.1, 0.15) is 5.56 Å². The molecule has 2 N–H and O–H groups in total. The fraction of sp³-hybridized carbons (Fsp3) is 0.118. The van der Waals surface area contributed by atoms with Crippen molar-refractivity contribution >= 4 is 11.8 Å². The normalized spacial score (nSPS) is 12.5. The zero-order chi connectivity index (χ0) is 15.6. The second-order valence-corrected chi connectivity index (χ2v) is 6.10. The van der Waals surface area contributed by atoms with Crippen LogP contribution >= 0.6 is 11.8 Å².